The van der Waals surface area contributed by atoms with E-state index in [-0.39, 0.29) is 23.9 Å². The fraction of sp³-hybridized carbons (Fsp3) is 0.148. The molecule has 0 radical (unpaired) electrons. The Morgan fingerprint density at radius 2 is 1.43 bits per heavy atom. The van der Waals surface area contributed by atoms with E-state index < -0.39 is 12.0 Å². The maximum absolute atomic E-state index is 13.7. The van der Waals surface area contributed by atoms with Gasteiger partial charge in [-0.2, -0.15) is 0 Å². The van der Waals surface area contributed by atoms with Crippen LogP contribution >= 0.6 is 35.0 Å². The van der Waals surface area contributed by atoms with Crippen molar-refractivity contribution in [1.29, 1.82) is 0 Å². The zero-order valence-corrected chi connectivity index (χ0v) is 20.6. The van der Waals surface area contributed by atoms with Crippen molar-refractivity contribution >= 4 is 63.2 Å². The molecule has 35 heavy (non-hydrogen) atoms. The number of hydrogen-bond donors (Lipinski definition) is 0. The molecule has 0 unspecified atom stereocenters. The summed E-state index contributed by atoms with van der Waals surface area (Å²) >= 11 is 13.7. The molecule has 3 aromatic rings. The second kappa shape index (κ2) is 8.86. The van der Waals surface area contributed by atoms with Gasteiger partial charge in [0.25, 0.3) is 5.91 Å². The van der Waals surface area contributed by atoms with Gasteiger partial charge in [-0.25, -0.2) is 4.90 Å². The third-order valence-corrected chi connectivity index (χ3v) is 8.01. The van der Waals surface area contributed by atoms with Crippen LogP contribution in [0.15, 0.2) is 101 Å². The van der Waals surface area contributed by atoms with Gasteiger partial charge in [0, 0.05) is 20.6 Å². The molecule has 8 heteroatoms. The van der Waals surface area contributed by atoms with Crippen molar-refractivity contribution in [3.63, 3.8) is 0 Å². The minimum atomic E-state index is -0.646. The molecule has 0 aromatic heterocycles. The zero-order chi connectivity index (χ0) is 24.1. The van der Waals surface area contributed by atoms with E-state index >= 15 is 0 Å². The summed E-state index contributed by atoms with van der Waals surface area (Å²) in [5.74, 6) is -1.03. The Hall–Kier alpha value is -3.06. The Kier molecular flexibility index (Phi) is 5.67. The van der Waals surface area contributed by atoms with E-state index in [0.717, 1.165) is 15.6 Å². The molecule has 0 aliphatic carbocycles. The van der Waals surface area contributed by atoms with Crippen molar-refractivity contribution in [3.8, 4) is 0 Å². The lowest BCUT2D eigenvalue weighted by molar-refractivity contribution is -0.122. The van der Waals surface area contributed by atoms with E-state index in [1.54, 1.807) is 24.3 Å². The zero-order valence-electron chi connectivity index (χ0n) is 18.3. The number of dihydropyridines is 1. The first kappa shape index (κ1) is 22.4. The average Bonchev–Trinajstić information content (AvgIpc) is 3.34. The SMILES string of the molecule is O=C1[C@@H]2[C@H]3N=C(Sc4ccc(Cl)cc4)C=C[C@H]3N(c3ccc(Cl)cc3)[C@@H]2C(=O)N1c1ccccc1. The average molecular weight is 520 g/mol. The van der Waals surface area contributed by atoms with Crippen LogP contribution < -0.4 is 9.80 Å². The van der Waals surface area contributed by atoms with Gasteiger partial charge in [0.05, 0.1) is 28.7 Å². The summed E-state index contributed by atoms with van der Waals surface area (Å²) in [6.07, 6.45) is 4.02. The molecule has 3 aromatic carbocycles. The standard InChI is InChI=1S/C27H19Cl2N3O2S/c28-16-6-10-19(11-7-16)31-21-14-15-22(35-20-12-8-17(29)9-13-20)30-24(21)23-25(31)27(34)32(26(23)33)18-4-2-1-3-5-18/h1-15,21,23-25H/t21-,23-,24+,25+/m1/s1. The summed E-state index contributed by atoms with van der Waals surface area (Å²) < 4.78 is 0. The number of rotatable bonds is 3. The molecule has 2 fully saturated rings. The van der Waals surface area contributed by atoms with E-state index in [9.17, 15) is 9.59 Å². The summed E-state index contributed by atoms with van der Waals surface area (Å²) in [6, 6.07) is 22.8. The number of halogens is 2. The minimum absolute atomic E-state index is 0.215. The molecule has 5 nitrogen and oxygen atoms in total. The van der Waals surface area contributed by atoms with Crippen molar-refractivity contribution in [3.05, 3.63) is 101 Å². The van der Waals surface area contributed by atoms with Crippen LogP contribution in [0.2, 0.25) is 10.0 Å². The maximum Gasteiger partial charge on any atom is 0.257 e. The number of aliphatic imine (C=N–C) groups is 1. The van der Waals surface area contributed by atoms with Crippen LogP contribution in [0, 0.1) is 5.92 Å². The number of para-hydroxylation sites is 1. The van der Waals surface area contributed by atoms with E-state index in [0.29, 0.717) is 15.7 Å². The van der Waals surface area contributed by atoms with Crippen molar-refractivity contribution in [1.82, 2.24) is 0 Å². The second-order valence-corrected chi connectivity index (χ2v) is 10.5. The Labute approximate surface area is 217 Å². The molecule has 2 saturated heterocycles. The van der Waals surface area contributed by atoms with Crippen LogP contribution in [-0.2, 0) is 9.59 Å². The third-order valence-electron chi connectivity index (χ3n) is 6.55. The normalized spacial score (nSPS) is 25.0. The lowest BCUT2D eigenvalue weighted by atomic mass is 9.94. The molecule has 3 aliphatic rings. The second-order valence-electron chi connectivity index (χ2n) is 8.57. The molecular formula is C27H19Cl2N3O2S. The largest absolute Gasteiger partial charge is 0.350 e. The summed E-state index contributed by atoms with van der Waals surface area (Å²) in [4.78, 5) is 36.8. The fourth-order valence-electron chi connectivity index (χ4n) is 5.06. The highest BCUT2D eigenvalue weighted by Crippen LogP contribution is 2.45. The Morgan fingerprint density at radius 1 is 0.771 bits per heavy atom. The number of fused-ring (bicyclic) bond motifs is 3. The first-order valence-electron chi connectivity index (χ1n) is 11.2. The van der Waals surface area contributed by atoms with Gasteiger partial charge in [-0.15, -0.1) is 0 Å². The summed E-state index contributed by atoms with van der Waals surface area (Å²) in [6.45, 7) is 0. The summed E-state index contributed by atoms with van der Waals surface area (Å²) in [5, 5.41) is 2.08. The third kappa shape index (κ3) is 3.86. The predicted octanol–water partition coefficient (Wildman–Crippen LogP) is 5.87. The molecular weight excluding hydrogens is 501 g/mol. The minimum Gasteiger partial charge on any atom is -0.350 e. The number of anilines is 2. The number of benzene rings is 3. The van der Waals surface area contributed by atoms with E-state index in [1.807, 2.05) is 65.6 Å². The Balaban J connectivity index is 1.40. The number of hydrogen-bond acceptors (Lipinski definition) is 5. The number of amides is 2. The Morgan fingerprint density at radius 3 is 2.11 bits per heavy atom. The van der Waals surface area contributed by atoms with Gasteiger partial charge in [0.15, 0.2) is 0 Å². The molecule has 0 saturated carbocycles. The smallest absolute Gasteiger partial charge is 0.257 e. The van der Waals surface area contributed by atoms with Crippen molar-refractivity contribution in [2.75, 3.05) is 9.80 Å². The molecule has 0 spiro atoms. The highest BCUT2D eigenvalue weighted by atomic mass is 35.5. The van der Waals surface area contributed by atoms with Crippen molar-refractivity contribution < 1.29 is 9.59 Å². The molecule has 6 rings (SSSR count). The first-order valence-corrected chi connectivity index (χ1v) is 12.7. The highest BCUT2D eigenvalue weighted by Gasteiger charge is 2.62. The molecule has 2 amide bonds. The summed E-state index contributed by atoms with van der Waals surface area (Å²) in [5.41, 5.74) is 1.41. The quantitative estimate of drug-likeness (QED) is 0.406. The van der Waals surface area contributed by atoms with Gasteiger partial charge in [0.1, 0.15) is 6.04 Å². The number of carbonyl (C=O) groups excluding carboxylic acids is 2. The van der Waals surface area contributed by atoms with E-state index in [4.69, 9.17) is 28.2 Å². The Bertz CT molecular complexity index is 1360. The molecule has 174 valence electrons. The van der Waals surface area contributed by atoms with Crippen LogP contribution in [0.4, 0.5) is 11.4 Å². The van der Waals surface area contributed by atoms with Gasteiger partial charge in [0.2, 0.25) is 5.91 Å². The van der Waals surface area contributed by atoms with Crippen LogP contribution in [-0.4, -0.2) is 35.0 Å². The van der Waals surface area contributed by atoms with Gasteiger partial charge in [-0.05, 0) is 66.7 Å². The van der Waals surface area contributed by atoms with E-state index in [2.05, 4.69) is 6.08 Å². The molecule has 3 aliphatic heterocycles. The number of carbonyl (C=O) groups is 2. The van der Waals surface area contributed by atoms with E-state index in [1.165, 1.54) is 16.7 Å². The highest BCUT2D eigenvalue weighted by molar-refractivity contribution is 8.14. The first-order chi connectivity index (χ1) is 17.0. The number of thioether (sulfide) groups is 1. The monoisotopic (exact) mass is 519 g/mol. The van der Waals surface area contributed by atoms with Gasteiger partial charge in [-0.1, -0.05) is 59.2 Å². The topological polar surface area (TPSA) is 53.0 Å². The van der Waals surface area contributed by atoms with Crippen LogP contribution in [0.5, 0.6) is 0 Å². The molecule has 4 atom stereocenters. The fourth-order valence-corrected chi connectivity index (χ4v) is 6.15. The lowest BCUT2D eigenvalue weighted by Crippen LogP contribution is -2.46. The molecule has 0 N–H and O–H groups in total. The van der Waals surface area contributed by atoms with Crippen molar-refractivity contribution in [2.45, 2.75) is 23.0 Å². The van der Waals surface area contributed by atoms with Crippen molar-refractivity contribution in [2.24, 2.45) is 10.9 Å². The molecule has 0 bridgehead atoms. The maximum atomic E-state index is 13.7. The predicted molar refractivity (Wildman–Crippen MR) is 142 cm³/mol. The van der Waals surface area contributed by atoms with Gasteiger partial charge >= 0.3 is 0 Å². The molecule has 3 heterocycles. The van der Waals surface area contributed by atoms with Crippen LogP contribution in [0.25, 0.3) is 0 Å². The van der Waals surface area contributed by atoms with Crippen LogP contribution in [0.3, 0.4) is 0 Å². The number of nitrogens with zero attached hydrogens (tertiary/aromatic N) is 3. The lowest BCUT2D eigenvalue weighted by Gasteiger charge is -2.32. The number of imide groups is 1. The summed E-state index contributed by atoms with van der Waals surface area (Å²) in [7, 11) is 0. The van der Waals surface area contributed by atoms with Crippen LogP contribution in [0.1, 0.15) is 0 Å². The van der Waals surface area contributed by atoms with Gasteiger partial charge in [-0.3, -0.25) is 14.6 Å². The van der Waals surface area contributed by atoms with Gasteiger partial charge < -0.3 is 4.90 Å².